The number of aromatic nitrogens is 2. The van der Waals surface area contributed by atoms with Crippen molar-refractivity contribution < 1.29 is 9.90 Å². The van der Waals surface area contributed by atoms with E-state index in [-0.39, 0.29) is 16.6 Å². The van der Waals surface area contributed by atoms with Gasteiger partial charge in [0.2, 0.25) is 0 Å². The maximum atomic E-state index is 12.2. The van der Waals surface area contributed by atoms with Gasteiger partial charge in [-0.25, -0.2) is 4.79 Å². The van der Waals surface area contributed by atoms with Gasteiger partial charge in [-0.1, -0.05) is 24.3 Å². The van der Waals surface area contributed by atoms with Crippen molar-refractivity contribution in [1.29, 1.82) is 0 Å². The smallest absolute Gasteiger partial charge is 0.337 e. The Bertz CT molecular complexity index is 1200. The monoisotopic (exact) mass is 347 g/mol. The molecule has 0 aliphatic carbocycles. The van der Waals surface area contributed by atoms with Crippen LogP contribution in [0.3, 0.4) is 0 Å². The Morgan fingerprint density at radius 2 is 1.96 bits per heavy atom. The Hall–Kier alpha value is -3.38. The van der Waals surface area contributed by atoms with Gasteiger partial charge in [-0.15, -0.1) is 0 Å². The van der Waals surface area contributed by atoms with Gasteiger partial charge in [0.25, 0.3) is 5.56 Å². The molecule has 4 rings (SSSR count). The topological polar surface area (TPSA) is 98.0 Å². The molecule has 2 aromatic heterocycles. The SMILES string of the molecule is CNCc1cccc(-c2ccc3[nH]c(=O)c4[nH]cc(C(=O)O)c4c3c2)c1. The predicted octanol–water partition coefficient (Wildman–Crippen LogP) is 3.09. The summed E-state index contributed by atoms with van der Waals surface area (Å²) >= 11 is 0. The molecule has 0 radical (unpaired) electrons. The lowest BCUT2D eigenvalue weighted by Gasteiger charge is -2.08. The minimum absolute atomic E-state index is 0.0946. The highest BCUT2D eigenvalue weighted by Crippen LogP contribution is 2.29. The Balaban J connectivity index is 2.00. The van der Waals surface area contributed by atoms with Gasteiger partial charge in [0.1, 0.15) is 5.52 Å². The van der Waals surface area contributed by atoms with Crippen LogP contribution < -0.4 is 10.9 Å². The zero-order chi connectivity index (χ0) is 18.3. The van der Waals surface area contributed by atoms with Crippen LogP contribution in [-0.4, -0.2) is 28.1 Å². The summed E-state index contributed by atoms with van der Waals surface area (Å²) in [6.07, 6.45) is 1.36. The summed E-state index contributed by atoms with van der Waals surface area (Å²) in [5, 5.41) is 13.7. The van der Waals surface area contributed by atoms with Gasteiger partial charge < -0.3 is 20.4 Å². The van der Waals surface area contributed by atoms with E-state index >= 15 is 0 Å². The number of aromatic amines is 2. The third-order valence-corrected chi connectivity index (χ3v) is 4.52. The van der Waals surface area contributed by atoms with Crippen LogP contribution in [0.2, 0.25) is 0 Å². The van der Waals surface area contributed by atoms with E-state index in [0.717, 1.165) is 23.2 Å². The van der Waals surface area contributed by atoms with Crippen LogP contribution in [0.5, 0.6) is 0 Å². The number of rotatable bonds is 4. The standard InChI is InChI=1S/C20H17N3O3/c1-21-9-11-3-2-4-12(7-11)13-5-6-16-14(8-13)17-15(20(25)26)10-22-18(17)19(24)23-16/h2-8,10,21-22H,9H2,1H3,(H,23,24)(H,25,26). The van der Waals surface area contributed by atoms with E-state index in [1.165, 1.54) is 6.20 Å². The lowest BCUT2D eigenvalue weighted by molar-refractivity contribution is 0.0699. The Morgan fingerprint density at radius 1 is 1.15 bits per heavy atom. The van der Waals surface area contributed by atoms with E-state index in [0.29, 0.717) is 16.3 Å². The molecule has 0 aliphatic heterocycles. The molecule has 0 saturated carbocycles. The third-order valence-electron chi connectivity index (χ3n) is 4.52. The minimum atomic E-state index is -1.07. The van der Waals surface area contributed by atoms with Crippen molar-refractivity contribution in [2.45, 2.75) is 6.54 Å². The second-order valence-electron chi connectivity index (χ2n) is 6.20. The summed E-state index contributed by atoms with van der Waals surface area (Å²) in [6.45, 7) is 0.764. The maximum absolute atomic E-state index is 12.2. The first-order chi connectivity index (χ1) is 12.6. The van der Waals surface area contributed by atoms with Crippen molar-refractivity contribution in [1.82, 2.24) is 15.3 Å². The number of hydrogen-bond acceptors (Lipinski definition) is 3. The first-order valence-corrected chi connectivity index (χ1v) is 8.23. The zero-order valence-corrected chi connectivity index (χ0v) is 14.1. The molecule has 130 valence electrons. The van der Waals surface area contributed by atoms with Crippen molar-refractivity contribution in [3.05, 3.63) is 70.1 Å². The number of pyridine rings is 1. The van der Waals surface area contributed by atoms with Crippen LogP contribution in [0.25, 0.3) is 32.9 Å². The number of H-pyrrole nitrogens is 2. The number of aromatic carboxylic acids is 1. The number of fused-ring (bicyclic) bond motifs is 3. The van der Waals surface area contributed by atoms with E-state index in [2.05, 4.69) is 21.4 Å². The Labute approximate surface area is 148 Å². The molecule has 4 N–H and O–H groups in total. The fourth-order valence-corrected chi connectivity index (χ4v) is 3.34. The van der Waals surface area contributed by atoms with Crippen LogP contribution >= 0.6 is 0 Å². The second kappa shape index (κ2) is 6.16. The molecule has 0 aliphatic rings. The molecule has 6 heteroatoms. The highest BCUT2D eigenvalue weighted by atomic mass is 16.4. The van der Waals surface area contributed by atoms with E-state index in [4.69, 9.17) is 0 Å². The normalized spacial score (nSPS) is 11.3. The first kappa shape index (κ1) is 16.1. The van der Waals surface area contributed by atoms with Crippen molar-refractivity contribution in [2.75, 3.05) is 7.05 Å². The van der Waals surface area contributed by atoms with Crippen LogP contribution in [-0.2, 0) is 6.54 Å². The van der Waals surface area contributed by atoms with Crippen molar-refractivity contribution in [3.63, 3.8) is 0 Å². The fraction of sp³-hybridized carbons (Fsp3) is 0.100. The van der Waals surface area contributed by atoms with Crippen molar-refractivity contribution in [3.8, 4) is 11.1 Å². The van der Waals surface area contributed by atoms with Gasteiger partial charge in [0.05, 0.1) is 5.56 Å². The van der Waals surface area contributed by atoms with Gasteiger partial charge in [-0.3, -0.25) is 4.79 Å². The zero-order valence-electron chi connectivity index (χ0n) is 14.1. The van der Waals surface area contributed by atoms with Crippen LogP contribution in [0.15, 0.2) is 53.5 Å². The van der Waals surface area contributed by atoms with Crippen LogP contribution in [0, 0.1) is 0 Å². The highest BCUT2D eigenvalue weighted by Gasteiger charge is 2.16. The first-order valence-electron chi connectivity index (χ1n) is 8.23. The summed E-state index contributed by atoms with van der Waals surface area (Å²) in [6, 6.07) is 13.8. The minimum Gasteiger partial charge on any atom is -0.478 e. The van der Waals surface area contributed by atoms with Gasteiger partial charge in [0, 0.05) is 29.0 Å². The molecule has 0 atom stereocenters. The lowest BCUT2D eigenvalue weighted by atomic mass is 9.99. The summed E-state index contributed by atoms with van der Waals surface area (Å²) in [7, 11) is 1.90. The van der Waals surface area contributed by atoms with E-state index in [1.807, 2.05) is 43.4 Å². The molecule has 26 heavy (non-hydrogen) atoms. The van der Waals surface area contributed by atoms with Crippen molar-refractivity contribution in [2.24, 2.45) is 0 Å². The molecule has 6 nitrogen and oxygen atoms in total. The summed E-state index contributed by atoms with van der Waals surface area (Å²) in [5.74, 6) is -1.07. The maximum Gasteiger partial charge on any atom is 0.337 e. The number of carboxylic acids is 1. The second-order valence-corrected chi connectivity index (χ2v) is 6.20. The Kier molecular flexibility index (Phi) is 3.82. The number of carbonyl (C=O) groups is 1. The average Bonchev–Trinajstić information content (AvgIpc) is 3.08. The quantitative estimate of drug-likeness (QED) is 0.456. The number of carboxylic acid groups (broad SMARTS) is 1. The molecular weight excluding hydrogens is 330 g/mol. The molecule has 0 bridgehead atoms. The number of hydrogen-bond donors (Lipinski definition) is 4. The summed E-state index contributed by atoms with van der Waals surface area (Å²) in [4.78, 5) is 29.4. The number of benzene rings is 2. The molecule has 0 spiro atoms. The Morgan fingerprint density at radius 3 is 2.73 bits per heavy atom. The van der Waals surface area contributed by atoms with Gasteiger partial charge in [-0.2, -0.15) is 0 Å². The molecule has 0 saturated heterocycles. The van der Waals surface area contributed by atoms with Gasteiger partial charge in [0.15, 0.2) is 0 Å². The highest BCUT2D eigenvalue weighted by molar-refractivity contribution is 6.15. The van der Waals surface area contributed by atoms with E-state index < -0.39 is 5.97 Å². The van der Waals surface area contributed by atoms with E-state index in [9.17, 15) is 14.7 Å². The fourth-order valence-electron chi connectivity index (χ4n) is 3.34. The molecular formula is C20H17N3O3. The summed E-state index contributed by atoms with van der Waals surface area (Å²) in [5.41, 5.74) is 3.80. The largest absolute Gasteiger partial charge is 0.478 e. The van der Waals surface area contributed by atoms with Gasteiger partial charge in [-0.05, 0) is 41.9 Å². The molecule has 0 fully saturated rings. The molecule has 4 aromatic rings. The van der Waals surface area contributed by atoms with E-state index in [1.54, 1.807) is 0 Å². The molecule has 2 aromatic carbocycles. The van der Waals surface area contributed by atoms with Crippen molar-refractivity contribution >= 4 is 27.8 Å². The molecule has 0 amide bonds. The average molecular weight is 347 g/mol. The number of nitrogens with one attached hydrogen (secondary N) is 3. The van der Waals surface area contributed by atoms with Gasteiger partial charge >= 0.3 is 5.97 Å². The lowest BCUT2D eigenvalue weighted by Crippen LogP contribution is -2.07. The van der Waals surface area contributed by atoms with Crippen LogP contribution in [0.4, 0.5) is 0 Å². The van der Waals surface area contributed by atoms with Crippen LogP contribution in [0.1, 0.15) is 15.9 Å². The molecule has 2 heterocycles. The predicted molar refractivity (Wildman–Crippen MR) is 102 cm³/mol. The molecule has 0 unspecified atom stereocenters. The third kappa shape index (κ3) is 2.57. The summed E-state index contributed by atoms with van der Waals surface area (Å²) < 4.78 is 0.